The maximum atomic E-state index is 12.6. The summed E-state index contributed by atoms with van der Waals surface area (Å²) < 4.78 is 30.8. The van der Waals surface area contributed by atoms with Gasteiger partial charge in [-0.05, 0) is 260 Å². The van der Waals surface area contributed by atoms with Gasteiger partial charge >= 0.3 is 11.9 Å². The number of thioether (sulfide) groups is 4. The molecule has 9 N–H and O–H groups in total. The highest BCUT2D eigenvalue weighted by Crippen LogP contribution is 2.38. The second kappa shape index (κ2) is 60.9. The molecule has 1 aliphatic heterocycles. The quantitative estimate of drug-likeness (QED) is 0.00562. The third kappa shape index (κ3) is 35.3. The van der Waals surface area contributed by atoms with E-state index in [1.54, 1.807) is 121 Å². The molecule has 0 bridgehead atoms. The molecule has 13 aromatic rings. The Hall–Kier alpha value is -15.1. The second-order valence-electron chi connectivity index (χ2n) is 34.0. The lowest BCUT2D eigenvalue weighted by atomic mass is 10.1. The van der Waals surface area contributed by atoms with E-state index in [1.807, 2.05) is 186 Å². The standard InChI is InChI=1S/C33H28N4O3S.C27H28N4O2S.C25H26N4OS.C15H17N3OS.C11H12O.C4H6O3.CH4.H4N2O/c1-23-19-27(16-15-24(23)9-8-18-36-31(38)29-13-5-6-14-30(29)32(36)39)40-22-26-21-35-33(41-28-11-3-2-4-12-28)37(26)25-10-7-17-34-20-25;1-20-16-25(13-12-22(20)8-6-15-29-21(2)32)33-19-24-18-30-27(34-26-10-4-3-5-11-26)31(24)23-9-7-14-28-17-23;1-19-15-23(12-11-20(19)7-5-13-26)30-18-22-17-28-25(31-24-9-3-2-4-10-24)29(22)21-8-6-14-27-16-21;19-11-13-10-17-15(20-14-6-2-1-3-7-14)18(13)12-5-4-8-16-9-12;1-3-4-5-10-6-7-11(12)8-9(10)2;1-3(5)7-4(2)6;;1-2-3/h3,5-7,10-11,13-17,19-21,28H,2,4,12,18,22H2,1H3;4,7,9-10,12-14,16-18,26H,3,5,11,15,19H2,1-2H3,(H,29,32);3,6,8-9,11-12,14-17,24H,2,4,10,13,18,26H2,1H3;2,4-6,8-10,14,19H,1,3,7,11H2;6-8,12H,3H2,1-2H3;1-2H3;1H4;2-3H,1H2. The number of hydrazine groups is 1. The van der Waals surface area contributed by atoms with Gasteiger partial charge in [0.25, 0.3) is 11.8 Å². The summed E-state index contributed by atoms with van der Waals surface area (Å²) in [6, 6.07) is 45.4. The van der Waals surface area contributed by atoms with Crippen molar-refractivity contribution in [1.82, 2.24) is 73.9 Å². The summed E-state index contributed by atoms with van der Waals surface area (Å²) in [5.41, 5.74) is 22.9. The number of imidazole rings is 4. The molecule has 33 heteroatoms. The van der Waals surface area contributed by atoms with E-state index in [9.17, 15) is 29.1 Å². The van der Waals surface area contributed by atoms with Gasteiger partial charge in [-0.25, -0.2) is 25.8 Å². The second-order valence-corrected chi connectivity index (χ2v) is 38.8. The summed E-state index contributed by atoms with van der Waals surface area (Å²) in [6.45, 7) is 15.6. The number of nitrogens with zero attached hydrogens (tertiary/aromatic N) is 13. The highest BCUT2D eigenvalue weighted by Gasteiger charge is 2.35. The molecule has 5 aliphatic rings. The molecule has 4 atom stereocenters. The molecule has 0 saturated carbocycles. The highest BCUT2D eigenvalue weighted by atomic mass is 32.2. The lowest BCUT2D eigenvalue weighted by molar-refractivity contribution is -0.156. The maximum absolute atomic E-state index is 12.6. The van der Waals surface area contributed by atoms with E-state index < -0.39 is 11.9 Å². The van der Waals surface area contributed by atoms with Crippen LogP contribution in [0.1, 0.15) is 207 Å². The van der Waals surface area contributed by atoms with Crippen molar-refractivity contribution in [2.45, 2.75) is 214 Å². The zero-order valence-electron chi connectivity index (χ0n) is 84.0. The summed E-state index contributed by atoms with van der Waals surface area (Å²) in [4.78, 5) is 92.6. The van der Waals surface area contributed by atoms with Crippen molar-refractivity contribution in [2.24, 2.45) is 11.6 Å². The number of hydrogen-bond donors (Lipinski definition) is 7. The zero-order chi connectivity index (χ0) is 105. The van der Waals surface area contributed by atoms with E-state index in [0.29, 0.717) is 70.8 Å². The molecular weight excluding hydrogens is 1950 g/mol. The fourth-order valence-electron chi connectivity index (χ4n) is 15.6. The number of aromatic nitrogens is 12. The van der Waals surface area contributed by atoms with Crippen molar-refractivity contribution in [3.05, 3.63) is 347 Å². The molecule has 0 saturated heterocycles. The average Bonchev–Trinajstić information content (AvgIpc) is 1.64. The Balaban J connectivity index is 0.000000179. The third-order valence-corrected chi connectivity index (χ3v) is 27.6. The minimum Gasteiger partial charge on any atom is -0.508 e. The fourth-order valence-corrected chi connectivity index (χ4v) is 20.4. The summed E-state index contributed by atoms with van der Waals surface area (Å²) in [5.74, 6) is 29.1. The molecule has 4 unspecified atom stereocenters. The number of fused-ring (bicyclic) bond motifs is 1. The Kier molecular flexibility index (Phi) is 46.6. The molecule has 29 nitrogen and oxygen atoms in total. The van der Waals surface area contributed by atoms with Crippen molar-refractivity contribution in [2.75, 3.05) is 19.6 Å². The number of phenols is 1. The molecule has 0 fully saturated rings. The van der Waals surface area contributed by atoms with Crippen LogP contribution >= 0.6 is 47.0 Å². The summed E-state index contributed by atoms with van der Waals surface area (Å²) >= 11 is 7.10. The van der Waals surface area contributed by atoms with Crippen LogP contribution < -0.4 is 36.7 Å². The Morgan fingerprint density at radius 2 is 0.772 bits per heavy atom. The van der Waals surface area contributed by atoms with E-state index in [4.69, 9.17) is 45.2 Å². The largest absolute Gasteiger partial charge is 0.508 e. The van der Waals surface area contributed by atoms with Crippen molar-refractivity contribution in [3.63, 3.8) is 0 Å². The number of benzene rings is 5. The normalized spacial score (nSPS) is 14.6. The molecule has 149 heavy (non-hydrogen) atoms. The van der Waals surface area contributed by atoms with Gasteiger partial charge in [0, 0.05) is 95.2 Å². The number of carbonyl (C=O) groups is 5. The van der Waals surface area contributed by atoms with Crippen LogP contribution in [0.3, 0.4) is 0 Å². The van der Waals surface area contributed by atoms with E-state index in [-0.39, 0.29) is 38.3 Å². The number of aliphatic hydroxyl groups excluding tert-OH is 1. The minimum absolute atomic E-state index is 0. The smallest absolute Gasteiger partial charge is 0.310 e. The highest BCUT2D eigenvalue weighted by molar-refractivity contribution is 8.00. The number of pyridine rings is 4. The topological polar surface area (TPSA) is 385 Å². The van der Waals surface area contributed by atoms with E-state index >= 15 is 0 Å². The van der Waals surface area contributed by atoms with Crippen LogP contribution in [0.4, 0.5) is 0 Å². The summed E-state index contributed by atoms with van der Waals surface area (Å²) in [6.07, 6.45) is 55.0. The van der Waals surface area contributed by atoms with Gasteiger partial charge in [-0.3, -0.25) is 67.1 Å². The van der Waals surface area contributed by atoms with Crippen LogP contribution in [0.5, 0.6) is 23.0 Å². The van der Waals surface area contributed by atoms with Crippen LogP contribution in [-0.2, 0) is 45.5 Å². The van der Waals surface area contributed by atoms with E-state index in [1.165, 1.54) is 82.6 Å². The SMILES string of the molecule is C.CC(=O)NCC#Cc1ccc(OCc2cnc(SC3C=CCCC3)n2-c2cccnc2)cc1C.CC(=O)OC(C)=O.CCC#Cc1ccc(O)cc1C.Cc1cc(OCc2cnc(SC3C=CCCC3)n2-c2cccnc2)ccc1C#CCN.Cc1cc(OCc2cnc(SC3C=CCCC3)n2-c2cccnc2)ccc1C#CCN1C(=O)c2ccccc2C1=O.NNO.OCc1cnc(SC2C=CCCC2)n1-c1cccnc1. The number of phenolic OH excluding ortho intramolecular Hbond substituents is 1. The van der Waals surface area contributed by atoms with E-state index in [0.717, 1.165) is 160 Å². The number of aromatic hydroxyl groups is 1. The number of imide groups is 1. The molecule has 4 aliphatic carbocycles. The van der Waals surface area contributed by atoms with Crippen molar-refractivity contribution in [1.29, 1.82) is 0 Å². The lowest BCUT2D eigenvalue weighted by Crippen LogP contribution is -2.30. The van der Waals surface area contributed by atoms with Crippen LogP contribution in [0.15, 0.2) is 289 Å². The van der Waals surface area contributed by atoms with Gasteiger partial charge in [-0.15, -0.1) is 5.59 Å². The monoisotopic (exact) mass is 2080 g/mol. The molecule has 0 spiro atoms. The number of aryl methyl sites for hydroxylation is 4. The Morgan fingerprint density at radius 3 is 1.07 bits per heavy atom. The van der Waals surface area contributed by atoms with Gasteiger partial charge in [0.15, 0.2) is 20.6 Å². The summed E-state index contributed by atoms with van der Waals surface area (Å²) in [7, 11) is 0. The number of nitrogens with one attached hydrogen (secondary N) is 2. The van der Waals surface area contributed by atoms with Gasteiger partial charge in [0.05, 0.1) is 132 Å². The predicted octanol–water partition coefficient (Wildman–Crippen LogP) is 20.5. The molecule has 3 amide bonds. The van der Waals surface area contributed by atoms with Gasteiger partial charge < -0.3 is 45.4 Å². The van der Waals surface area contributed by atoms with Crippen molar-refractivity contribution in [3.8, 4) is 93.1 Å². The first kappa shape index (κ1) is 114. The fraction of sp³-hybridized carbons (Fsp3) is 0.284. The maximum Gasteiger partial charge on any atom is 0.310 e. The van der Waals surface area contributed by atoms with Crippen LogP contribution in [0, 0.1) is 75.1 Å². The first-order valence-corrected chi connectivity index (χ1v) is 52.1. The molecular formula is C116H125N17O12S4. The number of allylic oxidation sites excluding steroid dienone is 4. The number of nitrogens with two attached hydrogens (primary N) is 2. The van der Waals surface area contributed by atoms with Crippen LogP contribution in [-0.4, -0.2) is 149 Å². The molecule has 770 valence electrons. The van der Waals surface area contributed by atoms with Gasteiger partial charge in [0.2, 0.25) is 5.91 Å². The Bertz CT molecular complexity index is 6980. The lowest BCUT2D eigenvalue weighted by Gasteiger charge is -2.17. The zero-order valence-corrected chi connectivity index (χ0v) is 87.2. The number of hydrogen-bond acceptors (Lipinski definition) is 27. The first-order valence-electron chi connectivity index (χ1n) is 48.5. The molecule has 5 aromatic carbocycles. The molecule has 8 aromatic heterocycles. The van der Waals surface area contributed by atoms with Gasteiger partial charge in [-0.1, -0.05) is 170 Å². The number of aliphatic hydroxyl groups is 1. The third-order valence-electron chi connectivity index (χ3n) is 22.8. The Morgan fingerprint density at radius 1 is 0.443 bits per heavy atom. The number of ether oxygens (including phenoxy) is 4. The van der Waals surface area contributed by atoms with Gasteiger partial charge in [-0.2, -0.15) is 0 Å². The minimum atomic E-state index is -0.562. The number of amides is 3. The van der Waals surface area contributed by atoms with Crippen LogP contribution in [0.25, 0.3) is 22.7 Å². The van der Waals surface area contributed by atoms with E-state index in [2.05, 4.69) is 150 Å². The average molecular weight is 2080 g/mol. The number of esters is 2. The van der Waals surface area contributed by atoms with Crippen molar-refractivity contribution >= 4 is 76.7 Å². The van der Waals surface area contributed by atoms with Crippen molar-refractivity contribution < 1.29 is 58.3 Å². The molecule has 9 heterocycles. The van der Waals surface area contributed by atoms with Gasteiger partial charge in [0.1, 0.15) is 42.8 Å². The molecule has 18 rings (SSSR count). The molecule has 0 radical (unpaired) electrons. The van der Waals surface area contributed by atoms with Crippen LogP contribution in [0.2, 0.25) is 0 Å². The number of carbonyl (C=O) groups excluding carboxylic acids is 5. The number of rotatable bonds is 24. The predicted molar refractivity (Wildman–Crippen MR) is 587 cm³/mol. The first-order chi connectivity index (χ1) is 72.1. The Labute approximate surface area is 888 Å². The summed E-state index contributed by atoms with van der Waals surface area (Å²) in [5, 5.41) is 33.9.